The van der Waals surface area contributed by atoms with Crippen molar-refractivity contribution in [2.75, 3.05) is 24.2 Å². The maximum absolute atomic E-state index is 11.9. The van der Waals surface area contributed by atoms with E-state index in [4.69, 9.17) is 15.9 Å². The highest BCUT2D eigenvalue weighted by Crippen LogP contribution is 2.24. The largest absolute Gasteiger partial charge is 0.480 e. The predicted octanol–water partition coefficient (Wildman–Crippen LogP) is -0.0692. The quantitative estimate of drug-likeness (QED) is 0.182. The standard InChI is InChI=1S/C13H18N4O6/c14-9-3-2-8(17(22)23)6-10(9)16-12(19)7-11(13(20)21)15-4-1-5-18/h2-3,6,11,15,18H,1,4-5,7,14H2,(H,16,19)(H,20,21). The molecule has 1 amide bonds. The number of nitrogens with zero attached hydrogens (tertiary/aromatic N) is 1. The van der Waals surface area contributed by atoms with Crippen LogP contribution >= 0.6 is 0 Å². The molecule has 0 spiro atoms. The minimum Gasteiger partial charge on any atom is -0.480 e. The van der Waals surface area contributed by atoms with Crippen molar-refractivity contribution in [2.45, 2.75) is 18.9 Å². The van der Waals surface area contributed by atoms with Crippen LogP contribution in [0.15, 0.2) is 18.2 Å². The number of amides is 1. The Labute approximate surface area is 131 Å². The summed E-state index contributed by atoms with van der Waals surface area (Å²) in [4.78, 5) is 33.1. The van der Waals surface area contributed by atoms with Gasteiger partial charge in [-0.05, 0) is 19.0 Å². The van der Waals surface area contributed by atoms with E-state index in [2.05, 4.69) is 10.6 Å². The van der Waals surface area contributed by atoms with Gasteiger partial charge in [-0.3, -0.25) is 19.7 Å². The second-order valence-electron chi connectivity index (χ2n) is 4.70. The van der Waals surface area contributed by atoms with Crippen molar-refractivity contribution in [3.63, 3.8) is 0 Å². The van der Waals surface area contributed by atoms with Gasteiger partial charge in [-0.2, -0.15) is 0 Å². The number of rotatable bonds is 9. The number of carboxylic acids is 1. The molecule has 1 aromatic carbocycles. The number of nitrogens with one attached hydrogen (secondary N) is 2. The van der Waals surface area contributed by atoms with Gasteiger partial charge in [0, 0.05) is 18.7 Å². The average Bonchev–Trinajstić information content (AvgIpc) is 2.48. The van der Waals surface area contributed by atoms with Crippen LogP contribution in [0, 0.1) is 10.1 Å². The number of non-ortho nitro benzene ring substituents is 1. The zero-order valence-electron chi connectivity index (χ0n) is 12.2. The molecule has 23 heavy (non-hydrogen) atoms. The first-order valence-electron chi connectivity index (χ1n) is 6.76. The SMILES string of the molecule is Nc1ccc([N+](=O)[O-])cc1NC(=O)CC(NCCCO)C(=O)O. The van der Waals surface area contributed by atoms with E-state index in [1.807, 2.05) is 0 Å². The molecule has 1 rings (SSSR count). The van der Waals surface area contributed by atoms with Crippen LogP contribution in [-0.4, -0.2) is 46.2 Å². The molecule has 0 aliphatic rings. The number of carbonyl (C=O) groups excluding carboxylic acids is 1. The number of aliphatic hydroxyl groups is 1. The number of hydrogen-bond donors (Lipinski definition) is 5. The topological polar surface area (TPSA) is 168 Å². The molecule has 0 saturated heterocycles. The van der Waals surface area contributed by atoms with Gasteiger partial charge in [0.15, 0.2) is 0 Å². The zero-order chi connectivity index (χ0) is 17.4. The number of benzene rings is 1. The Kier molecular flexibility index (Phi) is 6.90. The van der Waals surface area contributed by atoms with Gasteiger partial charge < -0.3 is 26.6 Å². The smallest absolute Gasteiger partial charge is 0.321 e. The van der Waals surface area contributed by atoms with Gasteiger partial charge in [-0.15, -0.1) is 0 Å². The molecule has 1 unspecified atom stereocenters. The van der Waals surface area contributed by atoms with E-state index >= 15 is 0 Å². The van der Waals surface area contributed by atoms with Crippen molar-refractivity contribution >= 4 is 28.9 Å². The van der Waals surface area contributed by atoms with E-state index in [1.54, 1.807) is 0 Å². The van der Waals surface area contributed by atoms with Crippen molar-refractivity contribution in [1.29, 1.82) is 0 Å². The summed E-state index contributed by atoms with van der Waals surface area (Å²) in [5, 5.41) is 33.4. The third kappa shape index (κ3) is 5.88. The molecule has 1 atom stereocenters. The normalized spacial score (nSPS) is 11.7. The molecule has 0 aliphatic heterocycles. The number of nitro groups is 1. The van der Waals surface area contributed by atoms with E-state index in [1.165, 1.54) is 12.1 Å². The number of carbonyl (C=O) groups is 2. The Morgan fingerprint density at radius 1 is 1.39 bits per heavy atom. The van der Waals surface area contributed by atoms with Crippen LogP contribution in [0.5, 0.6) is 0 Å². The zero-order valence-corrected chi connectivity index (χ0v) is 12.2. The predicted molar refractivity (Wildman–Crippen MR) is 81.9 cm³/mol. The average molecular weight is 326 g/mol. The number of aliphatic hydroxyl groups excluding tert-OH is 1. The van der Waals surface area contributed by atoms with E-state index in [-0.39, 0.29) is 36.6 Å². The van der Waals surface area contributed by atoms with Crippen molar-refractivity contribution in [1.82, 2.24) is 5.32 Å². The lowest BCUT2D eigenvalue weighted by Crippen LogP contribution is -2.40. The van der Waals surface area contributed by atoms with E-state index in [0.29, 0.717) is 6.42 Å². The van der Waals surface area contributed by atoms with Crippen LogP contribution in [0.2, 0.25) is 0 Å². The number of hydrogen-bond acceptors (Lipinski definition) is 7. The summed E-state index contributed by atoms with van der Waals surface area (Å²) in [6, 6.07) is 2.44. The van der Waals surface area contributed by atoms with Gasteiger partial charge >= 0.3 is 5.97 Å². The van der Waals surface area contributed by atoms with Gasteiger partial charge in [-0.1, -0.05) is 0 Å². The molecular weight excluding hydrogens is 308 g/mol. The number of aliphatic carboxylic acids is 1. The van der Waals surface area contributed by atoms with Crippen LogP contribution < -0.4 is 16.4 Å². The van der Waals surface area contributed by atoms with Crippen LogP contribution in [0.1, 0.15) is 12.8 Å². The van der Waals surface area contributed by atoms with Crippen LogP contribution in [-0.2, 0) is 9.59 Å². The maximum Gasteiger partial charge on any atom is 0.321 e. The van der Waals surface area contributed by atoms with Crippen molar-refractivity contribution in [3.8, 4) is 0 Å². The molecule has 0 aliphatic carbocycles. The maximum atomic E-state index is 11.9. The summed E-state index contributed by atoms with van der Waals surface area (Å²) in [6.07, 6.45) is -0.0356. The Morgan fingerprint density at radius 2 is 2.09 bits per heavy atom. The molecule has 0 bridgehead atoms. The number of anilines is 2. The molecule has 0 heterocycles. The summed E-state index contributed by atoms with van der Waals surface area (Å²) in [7, 11) is 0. The minimum absolute atomic E-state index is 0.0451. The van der Waals surface area contributed by atoms with Gasteiger partial charge in [0.2, 0.25) is 5.91 Å². The summed E-state index contributed by atoms with van der Waals surface area (Å²) in [5.74, 6) is -1.87. The number of nitrogens with two attached hydrogens (primary N) is 1. The van der Waals surface area contributed by atoms with Crippen molar-refractivity contribution < 1.29 is 24.7 Å². The minimum atomic E-state index is -1.22. The second kappa shape index (κ2) is 8.66. The molecule has 10 heteroatoms. The molecule has 0 saturated carbocycles. The van der Waals surface area contributed by atoms with Crippen LogP contribution in [0.25, 0.3) is 0 Å². The highest BCUT2D eigenvalue weighted by atomic mass is 16.6. The summed E-state index contributed by atoms with van der Waals surface area (Å²) in [6.45, 7) is 0.134. The lowest BCUT2D eigenvalue weighted by Gasteiger charge is -2.14. The molecule has 10 nitrogen and oxygen atoms in total. The monoisotopic (exact) mass is 326 g/mol. The van der Waals surface area contributed by atoms with E-state index in [0.717, 1.165) is 6.07 Å². The van der Waals surface area contributed by atoms with E-state index in [9.17, 15) is 19.7 Å². The molecule has 0 fully saturated rings. The van der Waals surface area contributed by atoms with Crippen molar-refractivity contribution in [3.05, 3.63) is 28.3 Å². The third-order valence-electron chi connectivity index (χ3n) is 2.94. The Bertz CT molecular complexity index is 592. The second-order valence-corrected chi connectivity index (χ2v) is 4.70. The van der Waals surface area contributed by atoms with Gasteiger partial charge in [-0.25, -0.2) is 0 Å². The molecule has 6 N–H and O–H groups in total. The summed E-state index contributed by atoms with van der Waals surface area (Å²) in [5.41, 5.74) is 5.56. The fourth-order valence-electron chi connectivity index (χ4n) is 1.75. The van der Waals surface area contributed by atoms with Crippen LogP contribution in [0.4, 0.5) is 17.1 Å². The van der Waals surface area contributed by atoms with E-state index < -0.39 is 22.8 Å². The third-order valence-corrected chi connectivity index (χ3v) is 2.94. The number of carboxylic acid groups (broad SMARTS) is 1. The fraction of sp³-hybridized carbons (Fsp3) is 0.385. The highest BCUT2D eigenvalue weighted by molar-refractivity contribution is 5.96. The number of nitro benzene ring substituents is 1. The molecule has 126 valence electrons. The van der Waals surface area contributed by atoms with Crippen LogP contribution in [0.3, 0.4) is 0 Å². The number of nitrogen functional groups attached to an aromatic ring is 1. The first-order valence-corrected chi connectivity index (χ1v) is 6.76. The fourth-order valence-corrected chi connectivity index (χ4v) is 1.75. The lowest BCUT2D eigenvalue weighted by atomic mass is 10.1. The Hall–Kier alpha value is -2.72. The van der Waals surface area contributed by atoms with Gasteiger partial charge in [0.25, 0.3) is 5.69 Å². The molecule has 1 aromatic rings. The Balaban J connectivity index is 2.72. The first-order chi connectivity index (χ1) is 10.8. The summed E-state index contributed by atoms with van der Waals surface area (Å²) >= 11 is 0. The molecule has 0 radical (unpaired) electrons. The highest BCUT2D eigenvalue weighted by Gasteiger charge is 2.21. The Morgan fingerprint density at radius 3 is 2.65 bits per heavy atom. The molecular formula is C13H18N4O6. The first kappa shape index (κ1) is 18.3. The van der Waals surface area contributed by atoms with Gasteiger partial charge in [0.05, 0.1) is 22.7 Å². The van der Waals surface area contributed by atoms with Crippen molar-refractivity contribution in [2.24, 2.45) is 0 Å². The van der Waals surface area contributed by atoms with Gasteiger partial charge in [0.1, 0.15) is 6.04 Å². The summed E-state index contributed by atoms with van der Waals surface area (Å²) < 4.78 is 0. The molecule has 0 aromatic heterocycles. The lowest BCUT2D eigenvalue weighted by molar-refractivity contribution is -0.384.